The van der Waals surface area contributed by atoms with Gasteiger partial charge < -0.3 is 5.11 Å². The molecule has 104 valence electrons. The molecule has 0 radical (unpaired) electrons. The minimum absolute atomic E-state index is 0.0125. The summed E-state index contributed by atoms with van der Waals surface area (Å²) in [4.78, 5) is 36.9. The van der Waals surface area contributed by atoms with Crippen molar-refractivity contribution in [1.29, 1.82) is 0 Å². The number of carbonyl (C=O) groups is 3. The van der Waals surface area contributed by atoms with Crippen LogP contribution in [0.1, 0.15) is 36.6 Å². The fourth-order valence-electron chi connectivity index (χ4n) is 2.41. The van der Waals surface area contributed by atoms with Crippen molar-refractivity contribution in [3.63, 3.8) is 0 Å². The molecule has 0 atom stereocenters. The molecule has 1 aliphatic heterocycles. The number of amides is 2. The van der Waals surface area contributed by atoms with Crippen LogP contribution in [0, 0.1) is 6.92 Å². The zero-order valence-electron chi connectivity index (χ0n) is 11.2. The van der Waals surface area contributed by atoms with E-state index in [1.165, 1.54) is 18.2 Å². The van der Waals surface area contributed by atoms with Gasteiger partial charge in [0.1, 0.15) is 0 Å². The van der Waals surface area contributed by atoms with Gasteiger partial charge in [-0.2, -0.15) is 0 Å². The van der Waals surface area contributed by atoms with E-state index < -0.39 is 17.8 Å². The van der Waals surface area contributed by atoms with Crippen molar-refractivity contribution in [2.24, 2.45) is 0 Å². The third kappa shape index (κ3) is 1.90. The highest BCUT2D eigenvalue weighted by atomic mass is 16.4. The highest BCUT2D eigenvalue weighted by Crippen LogP contribution is 2.30. The Labute approximate surface area is 120 Å². The second-order valence-electron chi connectivity index (χ2n) is 4.80. The number of imide groups is 1. The van der Waals surface area contributed by atoms with Crippen LogP contribution in [0.3, 0.4) is 0 Å². The van der Waals surface area contributed by atoms with E-state index in [0.29, 0.717) is 5.69 Å². The summed E-state index contributed by atoms with van der Waals surface area (Å²) in [5.74, 6) is -2.05. The lowest BCUT2D eigenvalue weighted by molar-refractivity contribution is 0.0696. The zero-order chi connectivity index (χ0) is 15.1. The number of fused-ring (bicyclic) bond motifs is 1. The van der Waals surface area contributed by atoms with Crippen molar-refractivity contribution in [2.45, 2.75) is 6.92 Å². The van der Waals surface area contributed by atoms with E-state index >= 15 is 0 Å². The van der Waals surface area contributed by atoms with Gasteiger partial charge in [0.2, 0.25) is 0 Å². The third-order valence-electron chi connectivity index (χ3n) is 3.49. The summed E-state index contributed by atoms with van der Waals surface area (Å²) in [5, 5.41) is 8.99. The normalized spacial score (nSPS) is 13.5. The molecule has 2 aromatic carbocycles. The van der Waals surface area contributed by atoms with Crippen LogP contribution in [0.25, 0.3) is 0 Å². The Morgan fingerprint density at radius 2 is 1.67 bits per heavy atom. The number of carbonyl (C=O) groups excluding carboxylic acids is 2. The molecule has 1 heterocycles. The van der Waals surface area contributed by atoms with Gasteiger partial charge in [-0.1, -0.05) is 18.2 Å². The molecule has 1 aliphatic rings. The van der Waals surface area contributed by atoms with Crippen molar-refractivity contribution in [1.82, 2.24) is 0 Å². The quantitative estimate of drug-likeness (QED) is 0.858. The Balaban J connectivity index is 2.13. The second-order valence-corrected chi connectivity index (χ2v) is 4.80. The van der Waals surface area contributed by atoms with Crippen LogP contribution in [0.4, 0.5) is 5.69 Å². The summed E-state index contributed by atoms with van der Waals surface area (Å²) in [6.07, 6.45) is 0. The summed E-state index contributed by atoms with van der Waals surface area (Å²) in [6, 6.07) is 11.0. The minimum Gasteiger partial charge on any atom is -0.478 e. The Kier molecular flexibility index (Phi) is 2.83. The van der Waals surface area contributed by atoms with E-state index in [9.17, 15) is 14.4 Å². The molecule has 0 aliphatic carbocycles. The summed E-state index contributed by atoms with van der Waals surface area (Å²) in [7, 11) is 0. The zero-order valence-corrected chi connectivity index (χ0v) is 11.2. The predicted octanol–water partition coefficient (Wildman–Crippen LogP) is 2.49. The van der Waals surface area contributed by atoms with Gasteiger partial charge in [-0.25, -0.2) is 9.69 Å². The Hall–Kier alpha value is -2.95. The Morgan fingerprint density at radius 3 is 2.33 bits per heavy atom. The molecule has 0 saturated heterocycles. The lowest BCUT2D eigenvalue weighted by Crippen LogP contribution is -2.29. The van der Waals surface area contributed by atoms with E-state index in [-0.39, 0.29) is 16.7 Å². The van der Waals surface area contributed by atoms with Gasteiger partial charge in [-0.15, -0.1) is 0 Å². The molecule has 5 heteroatoms. The molecule has 1 N–H and O–H groups in total. The summed E-state index contributed by atoms with van der Waals surface area (Å²) < 4.78 is 0. The van der Waals surface area contributed by atoms with Gasteiger partial charge in [0, 0.05) is 0 Å². The van der Waals surface area contributed by atoms with Crippen molar-refractivity contribution < 1.29 is 19.5 Å². The van der Waals surface area contributed by atoms with Gasteiger partial charge in [0.25, 0.3) is 11.8 Å². The topological polar surface area (TPSA) is 74.7 Å². The van der Waals surface area contributed by atoms with Crippen molar-refractivity contribution >= 4 is 23.5 Å². The maximum Gasteiger partial charge on any atom is 0.335 e. The van der Waals surface area contributed by atoms with Crippen molar-refractivity contribution in [3.8, 4) is 0 Å². The van der Waals surface area contributed by atoms with Gasteiger partial charge in [0.15, 0.2) is 0 Å². The number of carboxylic acid groups (broad SMARTS) is 1. The maximum absolute atomic E-state index is 12.4. The average Bonchev–Trinajstić information content (AvgIpc) is 2.71. The van der Waals surface area contributed by atoms with Crippen LogP contribution in [0.2, 0.25) is 0 Å². The number of anilines is 1. The van der Waals surface area contributed by atoms with E-state index in [0.717, 1.165) is 10.5 Å². The Morgan fingerprint density at radius 1 is 1.00 bits per heavy atom. The summed E-state index contributed by atoms with van der Waals surface area (Å²) in [5.41, 5.74) is 1.66. The molecule has 2 amide bonds. The number of para-hydroxylation sites is 1. The molecular formula is C16H11NO4. The van der Waals surface area contributed by atoms with Crippen LogP contribution in [0.5, 0.6) is 0 Å². The van der Waals surface area contributed by atoms with Crippen LogP contribution in [-0.4, -0.2) is 22.9 Å². The first kappa shape index (κ1) is 13.1. The molecule has 0 spiro atoms. The van der Waals surface area contributed by atoms with Gasteiger partial charge in [0.05, 0.1) is 22.4 Å². The fraction of sp³-hybridized carbons (Fsp3) is 0.0625. The number of rotatable bonds is 2. The fourth-order valence-corrected chi connectivity index (χ4v) is 2.41. The third-order valence-corrected chi connectivity index (χ3v) is 3.49. The van der Waals surface area contributed by atoms with Crippen molar-refractivity contribution in [2.75, 3.05) is 4.90 Å². The number of carboxylic acids is 1. The number of hydrogen-bond acceptors (Lipinski definition) is 3. The molecule has 3 rings (SSSR count). The van der Waals surface area contributed by atoms with Crippen LogP contribution in [-0.2, 0) is 0 Å². The molecule has 0 unspecified atom stereocenters. The first-order chi connectivity index (χ1) is 10.0. The van der Waals surface area contributed by atoms with Crippen molar-refractivity contribution in [3.05, 3.63) is 64.7 Å². The molecule has 0 saturated carbocycles. The SMILES string of the molecule is Cc1ccccc1N1C(=O)c2ccc(C(=O)O)cc2C1=O. The first-order valence-corrected chi connectivity index (χ1v) is 6.32. The predicted molar refractivity (Wildman–Crippen MR) is 75.7 cm³/mol. The van der Waals surface area contributed by atoms with Crippen LogP contribution in [0.15, 0.2) is 42.5 Å². The van der Waals surface area contributed by atoms with E-state index in [1.807, 2.05) is 19.1 Å². The van der Waals surface area contributed by atoms with E-state index in [2.05, 4.69) is 0 Å². The van der Waals surface area contributed by atoms with E-state index in [1.54, 1.807) is 12.1 Å². The molecule has 2 aromatic rings. The highest BCUT2D eigenvalue weighted by molar-refractivity contribution is 6.34. The molecule has 0 aromatic heterocycles. The number of hydrogen-bond donors (Lipinski definition) is 1. The second kappa shape index (κ2) is 4.56. The van der Waals surface area contributed by atoms with Gasteiger partial charge in [-0.05, 0) is 36.8 Å². The number of aryl methyl sites for hydroxylation is 1. The minimum atomic E-state index is -1.13. The summed E-state index contributed by atoms with van der Waals surface area (Å²) in [6.45, 7) is 1.81. The largest absolute Gasteiger partial charge is 0.478 e. The average molecular weight is 281 g/mol. The first-order valence-electron chi connectivity index (χ1n) is 6.32. The number of benzene rings is 2. The molecule has 5 nitrogen and oxygen atoms in total. The monoisotopic (exact) mass is 281 g/mol. The van der Waals surface area contributed by atoms with E-state index in [4.69, 9.17) is 5.11 Å². The lowest BCUT2D eigenvalue weighted by atomic mass is 10.1. The Bertz CT molecular complexity index is 795. The smallest absolute Gasteiger partial charge is 0.335 e. The molecule has 21 heavy (non-hydrogen) atoms. The molecule has 0 bridgehead atoms. The van der Waals surface area contributed by atoms with Gasteiger partial charge >= 0.3 is 5.97 Å². The number of aromatic carboxylic acids is 1. The maximum atomic E-state index is 12.4. The van der Waals surface area contributed by atoms with Crippen LogP contribution >= 0.6 is 0 Å². The number of nitrogens with zero attached hydrogens (tertiary/aromatic N) is 1. The lowest BCUT2D eigenvalue weighted by Gasteiger charge is -2.16. The standard InChI is InChI=1S/C16H11NO4/c1-9-4-2-3-5-13(9)17-14(18)11-7-6-10(16(20)21)8-12(11)15(17)19/h2-8H,1H3,(H,20,21). The van der Waals surface area contributed by atoms with Crippen LogP contribution < -0.4 is 4.90 Å². The molecule has 0 fully saturated rings. The van der Waals surface area contributed by atoms with Gasteiger partial charge in [-0.3, -0.25) is 9.59 Å². The molecular weight excluding hydrogens is 270 g/mol. The highest BCUT2D eigenvalue weighted by Gasteiger charge is 2.37. The summed E-state index contributed by atoms with van der Waals surface area (Å²) >= 11 is 0.